The second-order valence-corrected chi connectivity index (χ2v) is 5.34. The molecule has 1 unspecified atom stereocenters. The van der Waals surface area contributed by atoms with Gasteiger partial charge in [-0.05, 0) is 12.1 Å². The molecule has 126 valence electrons. The van der Waals surface area contributed by atoms with Gasteiger partial charge < -0.3 is 14.3 Å². The van der Waals surface area contributed by atoms with E-state index in [4.69, 9.17) is 4.42 Å². The quantitative estimate of drug-likeness (QED) is 0.771. The Balaban J connectivity index is 1.59. The second kappa shape index (κ2) is 7.96. The third-order valence-corrected chi connectivity index (χ3v) is 3.59. The normalized spacial score (nSPS) is 19.5. The molecular formula is C14H21F3N2O3. The number of β-amino-alcohol motifs (C(OH)–C–C–N with tert-alkyl or cyclic N) is 1. The summed E-state index contributed by atoms with van der Waals surface area (Å²) >= 11 is 0. The van der Waals surface area contributed by atoms with Crippen LogP contribution in [0.5, 0.6) is 0 Å². The Bertz CT molecular complexity index is 417. The van der Waals surface area contributed by atoms with Crippen molar-refractivity contribution in [3.8, 4) is 0 Å². The van der Waals surface area contributed by atoms with E-state index in [-0.39, 0.29) is 6.61 Å². The van der Waals surface area contributed by atoms with E-state index in [1.165, 1.54) is 6.26 Å². The Labute approximate surface area is 127 Å². The van der Waals surface area contributed by atoms with Gasteiger partial charge in [0.05, 0.1) is 12.9 Å². The summed E-state index contributed by atoms with van der Waals surface area (Å²) in [6.07, 6.45) is -3.39. The Kier molecular flexibility index (Phi) is 6.25. The molecule has 0 amide bonds. The van der Waals surface area contributed by atoms with E-state index in [0.29, 0.717) is 18.8 Å². The molecule has 2 heterocycles. The number of furan rings is 1. The first-order chi connectivity index (χ1) is 10.4. The summed E-state index contributed by atoms with van der Waals surface area (Å²) in [5, 5.41) is 10.0. The van der Waals surface area contributed by atoms with Gasteiger partial charge >= 0.3 is 6.18 Å². The SMILES string of the molecule is OC(CN1CCN(CCOCC(F)(F)F)CC1)c1ccco1. The molecule has 22 heavy (non-hydrogen) atoms. The van der Waals surface area contributed by atoms with Crippen molar-refractivity contribution < 1.29 is 27.4 Å². The number of piperazine rings is 1. The molecule has 0 saturated carbocycles. The van der Waals surface area contributed by atoms with Crippen molar-refractivity contribution in [2.45, 2.75) is 12.3 Å². The van der Waals surface area contributed by atoms with Gasteiger partial charge in [-0.3, -0.25) is 9.80 Å². The Hall–Kier alpha value is -1.09. The van der Waals surface area contributed by atoms with Gasteiger partial charge in [0.15, 0.2) is 0 Å². The highest BCUT2D eigenvalue weighted by atomic mass is 19.4. The molecule has 2 rings (SSSR count). The molecule has 0 bridgehead atoms. The number of nitrogens with zero attached hydrogens (tertiary/aromatic N) is 2. The highest BCUT2D eigenvalue weighted by Crippen LogP contribution is 2.16. The fourth-order valence-corrected chi connectivity index (χ4v) is 2.39. The van der Waals surface area contributed by atoms with Gasteiger partial charge in [0.2, 0.25) is 0 Å². The van der Waals surface area contributed by atoms with Crippen molar-refractivity contribution in [2.24, 2.45) is 0 Å². The molecule has 1 saturated heterocycles. The summed E-state index contributed by atoms with van der Waals surface area (Å²) in [6, 6.07) is 3.47. The topological polar surface area (TPSA) is 49.1 Å². The van der Waals surface area contributed by atoms with E-state index in [0.717, 1.165) is 26.2 Å². The number of aliphatic hydroxyl groups is 1. The minimum absolute atomic E-state index is 0.0779. The highest BCUT2D eigenvalue weighted by molar-refractivity contribution is 5.02. The van der Waals surface area contributed by atoms with Gasteiger partial charge in [0.1, 0.15) is 18.5 Å². The first kappa shape index (κ1) is 17.3. The average Bonchev–Trinajstić information content (AvgIpc) is 2.98. The Morgan fingerprint density at radius 3 is 2.50 bits per heavy atom. The van der Waals surface area contributed by atoms with Crippen molar-refractivity contribution in [1.82, 2.24) is 9.80 Å². The maximum Gasteiger partial charge on any atom is 0.411 e. The predicted molar refractivity (Wildman–Crippen MR) is 73.4 cm³/mol. The van der Waals surface area contributed by atoms with Gasteiger partial charge in [0.25, 0.3) is 0 Å². The molecule has 5 nitrogen and oxygen atoms in total. The van der Waals surface area contributed by atoms with E-state index in [2.05, 4.69) is 14.5 Å². The summed E-state index contributed by atoms with van der Waals surface area (Å²) in [5.41, 5.74) is 0. The lowest BCUT2D eigenvalue weighted by Crippen LogP contribution is -2.48. The van der Waals surface area contributed by atoms with Crippen molar-refractivity contribution in [2.75, 3.05) is 52.5 Å². The number of rotatable bonds is 7. The Morgan fingerprint density at radius 1 is 1.23 bits per heavy atom. The number of aliphatic hydroxyl groups excluding tert-OH is 1. The predicted octanol–water partition coefficient (Wildman–Crippen LogP) is 1.51. The van der Waals surface area contributed by atoms with E-state index in [1.807, 2.05) is 0 Å². The lowest BCUT2D eigenvalue weighted by Gasteiger charge is -2.35. The minimum Gasteiger partial charge on any atom is -0.467 e. The Morgan fingerprint density at radius 2 is 1.91 bits per heavy atom. The van der Waals surface area contributed by atoms with Crippen LogP contribution >= 0.6 is 0 Å². The summed E-state index contributed by atoms with van der Waals surface area (Å²) in [7, 11) is 0. The summed E-state index contributed by atoms with van der Waals surface area (Å²) in [6.45, 7) is 2.89. The summed E-state index contributed by atoms with van der Waals surface area (Å²) in [4.78, 5) is 4.17. The van der Waals surface area contributed by atoms with E-state index in [9.17, 15) is 18.3 Å². The van der Waals surface area contributed by atoms with Gasteiger partial charge in [-0.15, -0.1) is 0 Å². The third kappa shape index (κ3) is 5.96. The lowest BCUT2D eigenvalue weighted by molar-refractivity contribution is -0.174. The third-order valence-electron chi connectivity index (χ3n) is 3.59. The van der Waals surface area contributed by atoms with Crippen LogP contribution in [0.15, 0.2) is 22.8 Å². The van der Waals surface area contributed by atoms with Crippen LogP contribution in [0, 0.1) is 0 Å². The minimum atomic E-state index is -4.26. The van der Waals surface area contributed by atoms with Crippen molar-refractivity contribution in [3.63, 3.8) is 0 Å². The van der Waals surface area contributed by atoms with E-state index >= 15 is 0 Å². The van der Waals surface area contributed by atoms with Crippen LogP contribution in [0.3, 0.4) is 0 Å². The van der Waals surface area contributed by atoms with Gasteiger partial charge in [-0.25, -0.2) is 0 Å². The molecule has 1 aromatic rings. The molecule has 1 aliphatic heterocycles. The molecule has 0 spiro atoms. The molecule has 0 aromatic carbocycles. The van der Waals surface area contributed by atoms with Gasteiger partial charge in [0, 0.05) is 39.3 Å². The number of hydrogen-bond acceptors (Lipinski definition) is 5. The van der Waals surface area contributed by atoms with Crippen molar-refractivity contribution >= 4 is 0 Å². The standard InChI is InChI=1S/C14H21F3N2O3/c15-14(16,17)11-21-9-7-18-3-5-19(6-4-18)10-12(20)13-2-1-8-22-13/h1-2,8,12,20H,3-7,9-11H2. The molecule has 1 N–H and O–H groups in total. The van der Waals surface area contributed by atoms with Crippen LogP contribution in [0.1, 0.15) is 11.9 Å². The lowest BCUT2D eigenvalue weighted by atomic mass is 10.2. The maximum absolute atomic E-state index is 11.9. The fourth-order valence-electron chi connectivity index (χ4n) is 2.39. The molecule has 1 atom stereocenters. The fraction of sp³-hybridized carbons (Fsp3) is 0.714. The zero-order valence-electron chi connectivity index (χ0n) is 12.3. The first-order valence-electron chi connectivity index (χ1n) is 7.25. The number of hydrogen-bond donors (Lipinski definition) is 1. The second-order valence-electron chi connectivity index (χ2n) is 5.34. The van der Waals surface area contributed by atoms with Gasteiger partial charge in [-0.2, -0.15) is 13.2 Å². The van der Waals surface area contributed by atoms with Crippen LogP contribution in [0.2, 0.25) is 0 Å². The highest BCUT2D eigenvalue weighted by Gasteiger charge is 2.27. The van der Waals surface area contributed by atoms with Crippen LogP contribution in [-0.2, 0) is 4.74 Å². The molecule has 8 heteroatoms. The van der Waals surface area contributed by atoms with E-state index < -0.39 is 18.9 Å². The molecular weight excluding hydrogens is 301 g/mol. The van der Waals surface area contributed by atoms with Crippen LogP contribution in [-0.4, -0.2) is 73.6 Å². The molecule has 1 aromatic heterocycles. The smallest absolute Gasteiger partial charge is 0.411 e. The summed E-state index contributed by atoms with van der Waals surface area (Å²) in [5.74, 6) is 0.544. The zero-order chi connectivity index (χ0) is 16.0. The zero-order valence-corrected chi connectivity index (χ0v) is 12.3. The van der Waals surface area contributed by atoms with Crippen molar-refractivity contribution in [3.05, 3.63) is 24.2 Å². The monoisotopic (exact) mass is 322 g/mol. The number of ether oxygens (including phenoxy) is 1. The van der Waals surface area contributed by atoms with Crippen LogP contribution in [0.4, 0.5) is 13.2 Å². The van der Waals surface area contributed by atoms with E-state index in [1.54, 1.807) is 12.1 Å². The molecule has 1 fully saturated rings. The van der Waals surface area contributed by atoms with Gasteiger partial charge in [-0.1, -0.05) is 0 Å². The molecule has 1 aliphatic rings. The largest absolute Gasteiger partial charge is 0.467 e. The molecule has 0 radical (unpaired) electrons. The van der Waals surface area contributed by atoms with Crippen LogP contribution in [0.25, 0.3) is 0 Å². The molecule has 0 aliphatic carbocycles. The van der Waals surface area contributed by atoms with Crippen LogP contribution < -0.4 is 0 Å². The number of alkyl halides is 3. The number of halogens is 3. The summed E-state index contributed by atoms with van der Waals surface area (Å²) < 4.78 is 45.6. The maximum atomic E-state index is 11.9. The first-order valence-corrected chi connectivity index (χ1v) is 7.25. The van der Waals surface area contributed by atoms with Crippen molar-refractivity contribution in [1.29, 1.82) is 0 Å². The average molecular weight is 322 g/mol.